The zero-order valence-electron chi connectivity index (χ0n) is 11.3. The average molecular weight is 351 g/mol. The molecule has 108 valence electrons. The molecule has 0 saturated carbocycles. The summed E-state index contributed by atoms with van der Waals surface area (Å²) in [6.07, 6.45) is 1.42. The smallest absolute Gasteiger partial charge is 0.313 e. The highest BCUT2D eigenvalue weighted by Gasteiger charge is 2.20. The molecule has 0 aliphatic rings. The average Bonchev–Trinajstić information content (AvgIpc) is 2.41. The molecule has 0 radical (unpaired) electrons. The lowest BCUT2D eigenvalue weighted by Crippen LogP contribution is -1.99. The van der Waals surface area contributed by atoms with E-state index in [0.717, 1.165) is 0 Å². The quantitative estimate of drug-likeness (QED) is 0.471. The number of Topliss-reactive ketones (excluding diaryl/α,β-unsaturated/α-hetero) is 1. The van der Waals surface area contributed by atoms with Crippen molar-refractivity contribution in [2.45, 2.75) is 13.8 Å². The van der Waals surface area contributed by atoms with Crippen LogP contribution in [0.25, 0.3) is 0 Å². The van der Waals surface area contributed by atoms with Gasteiger partial charge in [0.25, 0.3) is 0 Å². The van der Waals surface area contributed by atoms with Crippen LogP contribution in [0, 0.1) is 17.0 Å². The topological polar surface area (TPSA) is 82.3 Å². The molecule has 1 aromatic carbocycles. The predicted molar refractivity (Wildman–Crippen MR) is 79.8 cm³/mol. The zero-order chi connectivity index (χ0) is 15.6. The lowest BCUT2D eigenvalue weighted by atomic mass is 10.2. The Morgan fingerprint density at radius 3 is 2.71 bits per heavy atom. The molecule has 21 heavy (non-hydrogen) atoms. The third kappa shape index (κ3) is 3.43. The maximum atomic E-state index is 11.3. The van der Waals surface area contributed by atoms with Crippen LogP contribution >= 0.6 is 15.9 Å². The summed E-state index contributed by atoms with van der Waals surface area (Å²) in [4.78, 5) is 25.9. The SMILES string of the molecule is CC(=O)c1ccnc(Oc2c(C)cc(Br)cc2[N+](=O)[O-])c1. The fourth-order valence-corrected chi connectivity index (χ4v) is 2.33. The second-order valence-corrected chi connectivity index (χ2v) is 5.28. The fourth-order valence-electron chi connectivity index (χ4n) is 1.77. The number of aromatic nitrogens is 1. The Balaban J connectivity index is 2.46. The van der Waals surface area contributed by atoms with E-state index in [4.69, 9.17) is 4.74 Å². The van der Waals surface area contributed by atoms with Gasteiger partial charge in [0.2, 0.25) is 11.6 Å². The van der Waals surface area contributed by atoms with Gasteiger partial charge < -0.3 is 4.74 Å². The van der Waals surface area contributed by atoms with Crippen molar-refractivity contribution in [1.82, 2.24) is 4.98 Å². The number of aryl methyl sites for hydroxylation is 1. The van der Waals surface area contributed by atoms with Crippen LogP contribution in [0.3, 0.4) is 0 Å². The van der Waals surface area contributed by atoms with Crippen LogP contribution in [-0.2, 0) is 0 Å². The van der Waals surface area contributed by atoms with Crippen molar-refractivity contribution in [1.29, 1.82) is 0 Å². The Hall–Kier alpha value is -2.28. The van der Waals surface area contributed by atoms with E-state index >= 15 is 0 Å². The maximum Gasteiger partial charge on any atom is 0.313 e. The number of halogens is 1. The van der Waals surface area contributed by atoms with Crippen molar-refractivity contribution in [3.05, 3.63) is 56.2 Å². The van der Waals surface area contributed by atoms with Gasteiger partial charge in [0.05, 0.1) is 4.92 Å². The van der Waals surface area contributed by atoms with E-state index in [-0.39, 0.29) is 23.1 Å². The Morgan fingerprint density at radius 2 is 2.10 bits per heavy atom. The van der Waals surface area contributed by atoms with Gasteiger partial charge in [0, 0.05) is 33.9 Å². The van der Waals surface area contributed by atoms with E-state index in [1.54, 1.807) is 19.1 Å². The number of rotatable bonds is 4. The number of pyridine rings is 1. The molecule has 0 amide bonds. The number of ketones is 1. The lowest BCUT2D eigenvalue weighted by Gasteiger charge is -2.09. The lowest BCUT2D eigenvalue weighted by molar-refractivity contribution is -0.385. The van der Waals surface area contributed by atoms with Crippen molar-refractivity contribution < 1.29 is 14.5 Å². The summed E-state index contributed by atoms with van der Waals surface area (Å²) in [6.45, 7) is 3.12. The number of carbonyl (C=O) groups is 1. The molecule has 7 heteroatoms. The van der Waals surface area contributed by atoms with Crippen LogP contribution in [0.1, 0.15) is 22.8 Å². The van der Waals surface area contributed by atoms with Crippen molar-refractivity contribution in [3.8, 4) is 11.6 Å². The largest absolute Gasteiger partial charge is 0.431 e. The van der Waals surface area contributed by atoms with Gasteiger partial charge in [0.1, 0.15) is 0 Å². The first-order valence-electron chi connectivity index (χ1n) is 5.98. The molecule has 0 N–H and O–H groups in total. The van der Waals surface area contributed by atoms with Crippen molar-refractivity contribution in [3.63, 3.8) is 0 Å². The molecule has 6 nitrogen and oxygen atoms in total. The number of ether oxygens (including phenoxy) is 1. The highest BCUT2D eigenvalue weighted by Crippen LogP contribution is 2.36. The minimum Gasteiger partial charge on any atom is -0.431 e. The second kappa shape index (κ2) is 6.01. The van der Waals surface area contributed by atoms with Gasteiger partial charge in [-0.25, -0.2) is 4.98 Å². The standard InChI is InChI=1S/C14H11BrN2O4/c1-8-5-11(15)7-12(17(19)20)14(8)21-13-6-10(9(2)18)3-4-16-13/h3-7H,1-2H3. The first kappa shape index (κ1) is 15.1. The zero-order valence-corrected chi connectivity index (χ0v) is 12.9. The van der Waals surface area contributed by atoms with Crippen molar-refractivity contribution in [2.24, 2.45) is 0 Å². The second-order valence-electron chi connectivity index (χ2n) is 4.37. The molecular weight excluding hydrogens is 340 g/mol. The van der Waals surface area contributed by atoms with E-state index in [9.17, 15) is 14.9 Å². The van der Waals surface area contributed by atoms with Gasteiger partial charge in [-0.05, 0) is 26.0 Å². The summed E-state index contributed by atoms with van der Waals surface area (Å²) in [5.74, 6) is 0.108. The van der Waals surface area contributed by atoms with Crippen LogP contribution < -0.4 is 4.74 Å². The summed E-state index contributed by atoms with van der Waals surface area (Å²) in [7, 11) is 0. The minimum atomic E-state index is -0.526. The molecule has 0 spiro atoms. The number of benzene rings is 1. The monoisotopic (exact) mass is 350 g/mol. The van der Waals surface area contributed by atoms with Gasteiger partial charge in [-0.1, -0.05) is 15.9 Å². The first-order chi connectivity index (χ1) is 9.88. The third-order valence-corrected chi connectivity index (χ3v) is 3.22. The van der Waals surface area contributed by atoms with Crippen LogP contribution in [0.5, 0.6) is 11.6 Å². The van der Waals surface area contributed by atoms with Gasteiger partial charge in [-0.3, -0.25) is 14.9 Å². The predicted octanol–water partition coefficient (Wildman–Crippen LogP) is 4.06. The van der Waals surface area contributed by atoms with Crippen molar-refractivity contribution >= 4 is 27.4 Å². The van der Waals surface area contributed by atoms with E-state index in [1.165, 1.54) is 25.3 Å². The van der Waals surface area contributed by atoms with Gasteiger partial charge in [0.15, 0.2) is 5.78 Å². The number of hydrogen-bond donors (Lipinski definition) is 0. The molecule has 1 heterocycles. The summed E-state index contributed by atoms with van der Waals surface area (Å²) in [6, 6.07) is 6.07. The van der Waals surface area contributed by atoms with Crippen LogP contribution in [-0.4, -0.2) is 15.7 Å². The van der Waals surface area contributed by atoms with Gasteiger partial charge in [-0.2, -0.15) is 0 Å². The van der Waals surface area contributed by atoms with E-state index in [2.05, 4.69) is 20.9 Å². The number of hydrogen-bond acceptors (Lipinski definition) is 5. The minimum absolute atomic E-state index is 0.108. The highest BCUT2D eigenvalue weighted by atomic mass is 79.9. The Labute approximate surface area is 129 Å². The molecule has 0 aliphatic carbocycles. The van der Waals surface area contributed by atoms with E-state index in [1.807, 2.05) is 0 Å². The van der Waals surface area contributed by atoms with Crippen LogP contribution in [0.15, 0.2) is 34.9 Å². The van der Waals surface area contributed by atoms with E-state index in [0.29, 0.717) is 15.6 Å². The summed E-state index contributed by atoms with van der Waals surface area (Å²) < 4.78 is 6.11. The molecule has 0 bridgehead atoms. The van der Waals surface area contributed by atoms with Crippen LogP contribution in [0.2, 0.25) is 0 Å². The van der Waals surface area contributed by atoms with E-state index < -0.39 is 4.92 Å². The molecule has 2 rings (SSSR count). The normalized spacial score (nSPS) is 10.2. The number of nitro groups is 1. The summed E-state index contributed by atoms with van der Waals surface area (Å²) >= 11 is 3.21. The third-order valence-electron chi connectivity index (χ3n) is 2.76. The Kier molecular flexibility index (Phi) is 4.32. The molecule has 0 fully saturated rings. The van der Waals surface area contributed by atoms with Gasteiger partial charge >= 0.3 is 5.69 Å². The molecule has 0 atom stereocenters. The molecule has 0 saturated heterocycles. The highest BCUT2D eigenvalue weighted by molar-refractivity contribution is 9.10. The van der Waals surface area contributed by atoms with Crippen LogP contribution in [0.4, 0.5) is 5.69 Å². The Bertz CT molecular complexity index is 731. The number of nitro benzene ring substituents is 1. The fraction of sp³-hybridized carbons (Fsp3) is 0.143. The molecule has 2 aromatic rings. The number of nitrogens with zero attached hydrogens (tertiary/aromatic N) is 2. The van der Waals surface area contributed by atoms with Crippen molar-refractivity contribution in [2.75, 3.05) is 0 Å². The molecule has 1 aromatic heterocycles. The molecular formula is C14H11BrN2O4. The summed E-state index contributed by atoms with van der Waals surface area (Å²) in [5, 5.41) is 11.1. The van der Waals surface area contributed by atoms with Gasteiger partial charge in [-0.15, -0.1) is 0 Å². The summed E-state index contributed by atoms with van der Waals surface area (Å²) in [5.41, 5.74) is 0.848. The molecule has 0 unspecified atom stereocenters. The first-order valence-corrected chi connectivity index (χ1v) is 6.77. The molecule has 0 aliphatic heterocycles. The maximum absolute atomic E-state index is 11.3. The number of carbonyl (C=O) groups excluding carboxylic acids is 1. The Morgan fingerprint density at radius 1 is 1.38 bits per heavy atom.